The van der Waals surface area contributed by atoms with Crippen molar-refractivity contribution in [3.8, 4) is 0 Å². The van der Waals surface area contributed by atoms with Gasteiger partial charge in [0.05, 0.1) is 13.2 Å². The van der Waals surface area contributed by atoms with E-state index in [2.05, 4.69) is 29.2 Å². The minimum absolute atomic E-state index is 0.0478. The molecule has 2 aliphatic heterocycles. The van der Waals surface area contributed by atoms with Gasteiger partial charge in [-0.15, -0.1) is 0 Å². The number of amides is 1. The Morgan fingerprint density at radius 1 is 1.07 bits per heavy atom. The van der Waals surface area contributed by atoms with E-state index >= 15 is 0 Å². The molecule has 1 aliphatic carbocycles. The van der Waals surface area contributed by atoms with Gasteiger partial charge in [0.2, 0.25) is 0 Å². The average molecular weight is 386 g/mol. The van der Waals surface area contributed by atoms with E-state index in [0.717, 1.165) is 44.7 Å². The van der Waals surface area contributed by atoms with E-state index in [1.807, 2.05) is 22.9 Å². The number of ether oxygens (including phenoxy) is 1. The monoisotopic (exact) mass is 385 g/mol. The first-order chi connectivity index (χ1) is 13.1. The SMILES string of the molecule is CN1C(=S)N(C2CCCCC2)C(=O)/C1=C/c1ccc(N2CCOCC2)cc1. The van der Waals surface area contributed by atoms with Crippen LogP contribution in [0.15, 0.2) is 30.0 Å². The molecule has 4 rings (SSSR count). The number of anilines is 1. The second kappa shape index (κ2) is 7.98. The third kappa shape index (κ3) is 3.73. The van der Waals surface area contributed by atoms with Crippen molar-refractivity contribution >= 4 is 35.0 Å². The summed E-state index contributed by atoms with van der Waals surface area (Å²) in [4.78, 5) is 19.1. The van der Waals surface area contributed by atoms with Crippen molar-refractivity contribution in [1.29, 1.82) is 0 Å². The van der Waals surface area contributed by atoms with Crippen molar-refractivity contribution in [2.75, 3.05) is 38.3 Å². The standard InChI is InChI=1S/C21H27N3O2S/c1-22-19(20(25)24(21(22)27)18-5-3-2-4-6-18)15-16-7-9-17(10-8-16)23-11-13-26-14-12-23/h7-10,15,18H,2-6,11-14H2,1H3/b19-15-. The van der Waals surface area contributed by atoms with Crippen molar-refractivity contribution in [3.05, 3.63) is 35.5 Å². The first kappa shape index (κ1) is 18.4. The summed E-state index contributed by atoms with van der Waals surface area (Å²) in [6, 6.07) is 8.65. The molecule has 0 aromatic heterocycles. The minimum Gasteiger partial charge on any atom is -0.378 e. The molecule has 2 saturated heterocycles. The molecular formula is C21H27N3O2S. The van der Waals surface area contributed by atoms with Crippen LogP contribution < -0.4 is 4.90 Å². The smallest absolute Gasteiger partial charge is 0.277 e. The molecule has 0 atom stereocenters. The molecule has 0 unspecified atom stereocenters. The van der Waals surface area contributed by atoms with Crippen LogP contribution in [0.2, 0.25) is 0 Å². The van der Waals surface area contributed by atoms with Crippen LogP contribution in [0.25, 0.3) is 6.08 Å². The zero-order chi connectivity index (χ0) is 18.8. The summed E-state index contributed by atoms with van der Waals surface area (Å²) in [7, 11) is 1.90. The van der Waals surface area contributed by atoms with E-state index in [4.69, 9.17) is 17.0 Å². The van der Waals surface area contributed by atoms with Crippen molar-refractivity contribution in [2.24, 2.45) is 0 Å². The molecule has 1 aromatic carbocycles. The third-order valence-electron chi connectivity index (χ3n) is 5.80. The summed E-state index contributed by atoms with van der Waals surface area (Å²) in [5.74, 6) is 0.0478. The van der Waals surface area contributed by atoms with Crippen LogP contribution in [0.4, 0.5) is 5.69 Å². The number of hydrogen-bond donors (Lipinski definition) is 0. The fourth-order valence-corrected chi connectivity index (χ4v) is 4.53. The Morgan fingerprint density at radius 2 is 1.74 bits per heavy atom. The highest BCUT2D eigenvalue weighted by Crippen LogP contribution is 2.30. The van der Waals surface area contributed by atoms with Crippen molar-refractivity contribution in [2.45, 2.75) is 38.1 Å². The lowest BCUT2D eigenvalue weighted by molar-refractivity contribution is -0.124. The van der Waals surface area contributed by atoms with Crippen LogP contribution in [0.5, 0.6) is 0 Å². The zero-order valence-corrected chi connectivity index (χ0v) is 16.7. The number of carbonyl (C=O) groups excluding carboxylic acids is 1. The molecule has 27 heavy (non-hydrogen) atoms. The lowest BCUT2D eigenvalue weighted by atomic mass is 9.94. The van der Waals surface area contributed by atoms with E-state index in [-0.39, 0.29) is 11.9 Å². The number of hydrogen-bond acceptors (Lipinski definition) is 4. The molecule has 3 fully saturated rings. The van der Waals surface area contributed by atoms with Crippen LogP contribution in [0.1, 0.15) is 37.7 Å². The Labute approximate surface area is 166 Å². The van der Waals surface area contributed by atoms with E-state index < -0.39 is 0 Å². The van der Waals surface area contributed by atoms with Gasteiger partial charge in [-0.3, -0.25) is 9.69 Å². The quantitative estimate of drug-likeness (QED) is 0.590. The number of thiocarbonyl (C=S) groups is 1. The van der Waals surface area contributed by atoms with Crippen LogP contribution in [0, 0.1) is 0 Å². The number of likely N-dealkylation sites (N-methyl/N-ethyl adjacent to an activating group) is 1. The lowest BCUT2D eigenvalue weighted by Gasteiger charge is -2.30. The van der Waals surface area contributed by atoms with Crippen molar-refractivity contribution in [3.63, 3.8) is 0 Å². The fourth-order valence-electron chi connectivity index (χ4n) is 4.20. The van der Waals surface area contributed by atoms with Gasteiger partial charge in [-0.2, -0.15) is 0 Å². The molecule has 1 amide bonds. The zero-order valence-electron chi connectivity index (χ0n) is 15.9. The maximum absolute atomic E-state index is 13.1. The molecule has 3 aliphatic rings. The van der Waals surface area contributed by atoms with Gasteiger partial charge in [0.15, 0.2) is 5.11 Å². The molecule has 0 radical (unpaired) electrons. The second-order valence-corrected chi connectivity index (χ2v) is 7.89. The van der Waals surface area contributed by atoms with Gasteiger partial charge in [0.25, 0.3) is 5.91 Å². The van der Waals surface area contributed by atoms with Gasteiger partial charge in [0.1, 0.15) is 5.70 Å². The Kier molecular flexibility index (Phi) is 5.45. The first-order valence-corrected chi connectivity index (χ1v) is 10.3. The van der Waals surface area contributed by atoms with Crippen molar-refractivity contribution in [1.82, 2.24) is 9.80 Å². The average Bonchev–Trinajstić information content (AvgIpc) is 2.93. The summed E-state index contributed by atoms with van der Waals surface area (Å²) in [5.41, 5.74) is 2.89. The Hall–Kier alpha value is -1.92. The minimum atomic E-state index is 0.0478. The van der Waals surface area contributed by atoms with Gasteiger partial charge >= 0.3 is 0 Å². The third-order valence-corrected chi connectivity index (χ3v) is 6.28. The molecular weight excluding hydrogens is 358 g/mol. The number of benzene rings is 1. The van der Waals surface area contributed by atoms with Gasteiger partial charge in [-0.25, -0.2) is 0 Å². The molecule has 5 nitrogen and oxygen atoms in total. The molecule has 6 heteroatoms. The summed E-state index contributed by atoms with van der Waals surface area (Å²) in [5, 5.41) is 0.642. The van der Waals surface area contributed by atoms with E-state index in [1.54, 1.807) is 0 Å². The number of rotatable bonds is 3. The number of morpholine rings is 1. The summed E-state index contributed by atoms with van der Waals surface area (Å²) in [6.07, 6.45) is 7.70. The van der Waals surface area contributed by atoms with Crippen LogP contribution in [-0.2, 0) is 9.53 Å². The number of nitrogens with zero attached hydrogens (tertiary/aromatic N) is 3. The topological polar surface area (TPSA) is 36.0 Å². The van der Waals surface area contributed by atoms with Gasteiger partial charge in [-0.05, 0) is 48.8 Å². The normalized spacial score (nSPS) is 23.6. The molecule has 0 spiro atoms. The summed E-state index contributed by atoms with van der Waals surface area (Å²) in [6.45, 7) is 3.40. The van der Waals surface area contributed by atoms with Crippen LogP contribution in [0.3, 0.4) is 0 Å². The molecule has 1 aromatic rings. The maximum Gasteiger partial charge on any atom is 0.277 e. The van der Waals surface area contributed by atoms with Crippen LogP contribution in [-0.4, -0.2) is 60.2 Å². The Balaban J connectivity index is 1.52. The largest absolute Gasteiger partial charge is 0.378 e. The predicted molar refractivity (Wildman–Crippen MR) is 112 cm³/mol. The van der Waals surface area contributed by atoms with E-state index in [1.165, 1.54) is 24.9 Å². The highest BCUT2D eigenvalue weighted by Gasteiger charge is 2.40. The fraction of sp³-hybridized carbons (Fsp3) is 0.524. The van der Waals surface area contributed by atoms with Crippen LogP contribution >= 0.6 is 12.2 Å². The second-order valence-electron chi connectivity index (χ2n) is 7.53. The van der Waals surface area contributed by atoms with E-state index in [0.29, 0.717) is 10.8 Å². The number of carbonyl (C=O) groups is 1. The molecule has 1 saturated carbocycles. The van der Waals surface area contributed by atoms with E-state index in [9.17, 15) is 4.79 Å². The molecule has 0 N–H and O–H groups in total. The van der Waals surface area contributed by atoms with Gasteiger partial charge in [0, 0.05) is 31.9 Å². The molecule has 2 heterocycles. The Morgan fingerprint density at radius 3 is 2.41 bits per heavy atom. The highest BCUT2D eigenvalue weighted by atomic mass is 32.1. The van der Waals surface area contributed by atoms with Crippen molar-refractivity contribution < 1.29 is 9.53 Å². The lowest BCUT2D eigenvalue weighted by Crippen LogP contribution is -2.41. The molecule has 0 bridgehead atoms. The maximum atomic E-state index is 13.1. The summed E-state index contributed by atoms with van der Waals surface area (Å²) >= 11 is 5.59. The first-order valence-electron chi connectivity index (χ1n) is 9.91. The van der Waals surface area contributed by atoms with Gasteiger partial charge in [-0.1, -0.05) is 31.4 Å². The van der Waals surface area contributed by atoms with Gasteiger partial charge < -0.3 is 14.5 Å². The summed E-state index contributed by atoms with van der Waals surface area (Å²) < 4.78 is 5.42. The Bertz CT molecular complexity index is 734. The predicted octanol–water partition coefficient (Wildman–Crippen LogP) is 3.26. The molecule has 144 valence electrons. The highest BCUT2D eigenvalue weighted by molar-refractivity contribution is 7.80.